The molecule has 0 saturated heterocycles. The highest BCUT2D eigenvalue weighted by Gasteiger charge is 2.09. The van der Waals surface area contributed by atoms with Crippen LogP contribution >= 0.6 is 15.9 Å². The van der Waals surface area contributed by atoms with Gasteiger partial charge in [0.1, 0.15) is 11.5 Å². The fourth-order valence-corrected chi connectivity index (χ4v) is 2.65. The molecule has 1 amide bonds. The van der Waals surface area contributed by atoms with E-state index < -0.39 is 0 Å². The lowest BCUT2D eigenvalue weighted by molar-refractivity contribution is 0.102. The summed E-state index contributed by atoms with van der Waals surface area (Å²) >= 11 is 3.38. The van der Waals surface area contributed by atoms with Gasteiger partial charge in [-0.25, -0.2) is 0 Å². The summed E-state index contributed by atoms with van der Waals surface area (Å²) in [5, 5.41) is 2.94. The number of rotatable bonds is 4. The van der Waals surface area contributed by atoms with Crippen LogP contribution in [0.15, 0.2) is 77.3 Å². The molecule has 0 bridgehead atoms. The summed E-state index contributed by atoms with van der Waals surface area (Å²) in [6.45, 7) is 1.95. The standard InChI is InChI=1S/C20H16BrNO2/c1-14-10-11-18(24-17-8-3-2-4-9-17)13-19(14)22-20(23)15-6-5-7-16(21)12-15/h2-13H,1H3,(H,22,23). The van der Waals surface area contributed by atoms with Crippen LogP contribution in [0.3, 0.4) is 0 Å². The third kappa shape index (κ3) is 4.03. The van der Waals surface area contributed by atoms with Gasteiger partial charge in [0.05, 0.1) is 0 Å². The minimum atomic E-state index is -0.156. The van der Waals surface area contributed by atoms with Crippen LogP contribution < -0.4 is 10.1 Å². The summed E-state index contributed by atoms with van der Waals surface area (Å²) in [4.78, 5) is 12.4. The zero-order chi connectivity index (χ0) is 16.9. The predicted molar refractivity (Wildman–Crippen MR) is 99.8 cm³/mol. The maximum Gasteiger partial charge on any atom is 0.255 e. The topological polar surface area (TPSA) is 38.3 Å². The first-order chi connectivity index (χ1) is 11.6. The van der Waals surface area contributed by atoms with Crippen molar-refractivity contribution < 1.29 is 9.53 Å². The number of benzene rings is 3. The van der Waals surface area contributed by atoms with E-state index in [0.29, 0.717) is 11.3 Å². The molecule has 3 nitrogen and oxygen atoms in total. The lowest BCUT2D eigenvalue weighted by Crippen LogP contribution is -2.12. The number of halogens is 1. The van der Waals surface area contributed by atoms with Gasteiger partial charge in [0.15, 0.2) is 0 Å². The molecule has 0 aliphatic rings. The second-order valence-corrected chi connectivity index (χ2v) is 6.27. The number of hydrogen-bond acceptors (Lipinski definition) is 2. The highest BCUT2D eigenvalue weighted by Crippen LogP contribution is 2.27. The largest absolute Gasteiger partial charge is 0.457 e. The van der Waals surface area contributed by atoms with Gasteiger partial charge in [-0.3, -0.25) is 4.79 Å². The van der Waals surface area contributed by atoms with Gasteiger partial charge in [0.2, 0.25) is 0 Å². The van der Waals surface area contributed by atoms with Crippen molar-refractivity contribution >= 4 is 27.5 Å². The van der Waals surface area contributed by atoms with E-state index >= 15 is 0 Å². The third-order valence-corrected chi connectivity index (χ3v) is 4.02. The van der Waals surface area contributed by atoms with Gasteiger partial charge >= 0.3 is 0 Å². The molecule has 0 aliphatic carbocycles. The number of nitrogens with one attached hydrogen (secondary N) is 1. The Labute approximate surface area is 149 Å². The Bertz CT molecular complexity index is 863. The first-order valence-corrected chi connectivity index (χ1v) is 8.31. The minimum Gasteiger partial charge on any atom is -0.457 e. The summed E-state index contributed by atoms with van der Waals surface area (Å²) in [7, 11) is 0. The smallest absolute Gasteiger partial charge is 0.255 e. The summed E-state index contributed by atoms with van der Waals surface area (Å²) in [5.41, 5.74) is 2.30. The molecule has 3 aromatic carbocycles. The fraction of sp³-hybridized carbons (Fsp3) is 0.0500. The van der Waals surface area contributed by atoms with Gasteiger partial charge in [0.25, 0.3) is 5.91 Å². The van der Waals surface area contributed by atoms with E-state index in [1.165, 1.54) is 0 Å². The van der Waals surface area contributed by atoms with E-state index in [0.717, 1.165) is 21.5 Å². The molecule has 3 rings (SSSR count). The average Bonchev–Trinajstić information content (AvgIpc) is 2.59. The quantitative estimate of drug-likeness (QED) is 0.619. The van der Waals surface area contributed by atoms with Gasteiger partial charge in [-0.2, -0.15) is 0 Å². The second kappa shape index (κ2) is 7.32. The summed E-state index contributed by atoms with van der Waals surface area (Å²) in [6, 6.07) is 22.5. The van der Waals surface area contributed by atoms with Crippen LogP contribution in [-0.2, 0) is 0 Å². The number of carbonyl (C=O) groups excluding carboxylic acids is 1. The third-order valence-electron chi connectivity index (χ3n) is 3.52. The van der Waals surface area contributed by atoms with Crippen molar-refractivity contribution in [1.29, 1.82) is 0 Å². The molecule has 0 spiro atoms. The number of amides is 1. The molecule has 0 heterocycles. The van der Waals surface area contributed by atoms with Crippen molar-refractivity contribution in [2.75, 3.05) is 5.32 Å². The monoisotopic (exact) mass is 381 g/mol. The van der Waals surface area contributed by atoms with Gasteiger partial charge < -0.3 is 10.1 Å². The van der Waals surface area contributed by atoms with Crippen molar-refractivity contribution in [1.82, 2.24) is 0 Å². The SMILES string of the molecule is Cc1ccc(Oc2ccccc2)cc1NC(=O)c1cccc(Br)c1. The number of para-hydroxylation sites is 1. The van der Waals surface area contributed by atoms with Crippen LogP contribution in [0, 0.1) is 6.92 Å². The lowest BCUT2D eigenvalue weighted by atomic mass is 10.1. The van der Waals surface area contributed by atoms with E-state index in [2.05, 4.69) is 21.2 Å². The first-order valence-electron chi connectivity index (χ1n) is 7.52. The predicted octanol–water partition coefficient (Wildman–Crippen LogP) is 5.80. The van der Waals surface area contributed by atoms with Crippen molar-refractivity contribution in [3.8, 4) is 11.5 Å². The average molecular weight is 382 g/mol. The molecule has 4 heteroatoms. The summed E-state index contributed by atoms with van der Waals surface area (Å²) in [5.74, 6) is 1.28. The second-order valence-electron chi connectivity index (χ2n) is 5.36. The molecule has 0 fully saturated rings. The van der Waals surface area contributed by atoms with Gasteiger partial charge in [-0.15, -0.1) is 0 Å². The van der Waals surface area contributed by atoms with E-state index in [-0.39, 0.29) is 5.91 Å². The molecule has 3 aromatic rings. The Morgan fingerprint density at radius 2 is 1.71 bits per heavy atom. The number of aryl methyl sites for hydroxylation is 1. The molecule has 0 atom stereocenters. The van der Waals surface area contributed by atoms with E-state index in [1.807, 2.05) is 67.6 Å². The molecule has 24 heavy (non-hydrogen) atoms. The van der Waals surface area contributed by atoms with E-state index in [1.54, 1.807) is 12.1 Å². The van der Waals surface area contributed by atoms with Gasteiger partial charge in [-0.05, 0) is 48.9 Å². The Morgan fingerprint density at radius 3 is 2.46 bits per heavy atom. The van der Waals surface area contributed by atoms with Crippen LogP contribution in [-0.4, -0.2) is 5.91 Å². The van der Waals surface area contributed by atoms with Crippen LogP contribution in [0.25, 0.3) is 0 Å². The van der Waals surface area contributed by atoms with Crippen molar-refractivity contribution in [2.45, 2.75) is 6.92 Å². The van der Waals surface area contributed by atoms with Crippen LogP contribution in [0.5, 0.6) is 11.5 Å². The van der Waals surface area contributed by atoms with E-state index in [4.69, 9.17) is 4.74 Å². The fourth-order valence-electron chi connectivity index (χ4n) is 2.25. The van der Waals surface area contributed by atoms with Crippen LogP contribution in [0.2, 0.25) is 0 Å². The number of hydrogen-bond donors (Lipinski definition) is 1. The van der Waals surface area contributed by atoms with Crippen molar-refractivity contribution in [3.63, 3.8) is 0 Å². The highest BCUT2D eigenvalue weighted by atomic mass is 79.9. The molecule has 0 radical (unpaired) electrons. The summed E-state index contributed by atoms with van der Waals surface area (Å²) in [6.07, 6.45) is 0. The maximum absolute atomic E-state index is 12.4. The van der Waals surface area contributed by atoms with Crippen molar-refractivity contribution in [3.05, 3.63) is 88.4 Å². The zero-order valence-electron chi connectivity index (χ0n) is 13.1. The first kappa shape index (κ1) is 16.3. The van der Waals surface area contributed by atoms with Crippen LogP contribution in [0.1, 0.15) is 15.9 Å². The Morgan fingerprint density at radius 1 is 0.917 bits per heavy atom. The molecular weight excluding hydrogens is 366 g/mol. The van der Waals surface area contributed by atoms with E-state index in [9.17, 15) is 4.79 Å². The number of ether oxygens (including phenoxy) is 1. The van der Waals surface area contributed by atoms with Gasteiger partial charge in [0, 0.05) is 21.8 Å². The molecule has 1 N–H and O–H groups in total. The van der Waals surface area contributed by atoms with Gasteiger partial charge in [-0.1, -0.05) is 46.3 Å². The highest BCUT2D eigenvalue weighted by molar-refractivity contribution is 9.10. The summed E-state index contributed by atoms with van der Waals surface area (Å²) < 4.78 is 6.69. The molecule has 0 saturated carbocycles. The minimum absolute atomic E-state index is 0.156. The molecule has 0 unspecified atom stereocenters. The Hall–Kier alpha value is -2.59. The Kier molecular flexibility index (Phi) is 4.96. The maximum atomic E-state index is 12.4. The molecule has 120 valence electrons. The zero-order valence-corrected chi connectivity index (χ0v) is 14.7. The Balaban J connectivity index is 1.80. The van der Waals surface area contributed by atoms with Crippen molar-refractivity contribution in [2.24, 2.45) is 0 Å². The normalized spacial score (nSPS) is 10.2. The number of anilines is 1. The molecular formula is C20H16BrNO2. The number of carbonyl (C=O) groups is 1. The lowest BCUT2D eigenvalue weighted by Gasteiger charge is -2.12. The molecule has 0 aliphatic heterocycles. The van der Waals surface area contributed by atoms with Crippen LogP contribution in [0.4, 0.5) is 5.69 Å². The molecule has 0 aromatic heterocycles.